The molecule has 2 amide bonds. The van der Waals surface area contributed by atoms with Gasteiger partial charge in [0.25, 0.3) is 5.91 Å². The SMILES string of the molecule is CCN1C(=O)CO[C@H](C(=O)NCc2ocnc2C)[C@H]1c1cnn(C)c1. The first-order valence-electron chi connectivity index (χ1n) is 8.07. The van der Waals surface area contributed by atoms with E-state index < -0.39 is 12.1 Å². The zero-order valence-electron chi connectivity index (χ0n) is 14.4. The van der Waals surface area contributed by atoms with Crippen LogP contribution in [0.25, 0.3) is 0 Å². The number of oxazole rings is 1. The maximum atomic E-state index is 12.7. The fourth-order valence-electron chi connectivity index (χ4n) is 2.96. The molecular weight excluding hydrogens is 326 g/mol. The van der Waals surface area contributed by atoms with Crippen LogP contribution >= 0.6 is 0 Å². The Hall–Kier alpha value is -2.68. The van der Waals surface area contributed by atoms with Gasteiger partial charge >= 0.3 is 0 Å². The molecule has 1 aliphatic heterocycles. The van der Waals surface area contributed by atoms with E-state index in [-0.39, 0.29) is 25.0 Å². The van der Waals surface area contributed by atoms with Crippen molar-refractivity contribution in [2.45, 2.75) is 32.5 Å². The molecule has 25 heavy (non-hydrogen) atoms. The zero-order chi connectivity index (χ0) is 18.0. The van der Waals surface area contributed by atoms with Gasteiger partial charge in [-0.15, -0.1) is 0 Å². The fourth-order valence-corrected chi connectivity index (χ4v) is 2.96. The Bertz CT molecular complexity index is 768. The molecule has 2 atom stereocenters. The topological polar surface area (TPSA) is 102 Å². The van der Waals surface area contributed by atoms with Crippen LogP contribution in [-0.4, -0.2) is 50.7 Å². The highest BCUT2D eigenvalue weighted by Crippen LogP contribution is 2.30. The molecule has 9 heteroatoms. The van der Waals surface area contributed by atoms with Crippen LogP contribution in [-0.2, 0) is 27.9 Å². The van der Waals surface area contributed by atoms with Crippen molar-refractivity contribution in [3.63, 3.8) is 0 Å². The number of aromatic nitrogens is 3. The highest BCUT2D eigenvalue weighted by Gasteiger charge is 2.41. The van der Waals surface area contributed by atoms with Crippen LogP contribution in [0.2, 0.25) is 0 Å². The molecule has 2 aromatic heterocycles. The molecule has 1 aliphatic rings. The van der Waals surface area contributed by atoms with Gasteiger partial charge in [0.2, 0.25) is 5.91 Å². The predicted octanol–water partition coefficient (Wildman–Crippen LogP) is 0.321. The number of hydrogen-bond donors (Lipinski definition) is 1. The normalized spacial score (nSPS) is 20.8. The van der Waals surface area contributed by atoms with E-state index in [0.717, 1.165) is 11.3 Å². The first-order valence-corrected chi connectivity index (χ1v) is 8.07. The minimum atomic E-state index is -0.815. The van der Waals surface area contributed by atoms with Crippen LogP contribution in [0, 0.1) is 6.92 Å². The lowest BCUT2D eigenvalue weighted by atomic mass is 10.00. The minimum absolute atomic E-state index is 0.121. The molecule has 3 rings (SSSR count). The lowest BCUT2D eigenvalue weighted by Gasteiger charge is -2.39. The monoisotopic (exact) mass is 347 g/mol. The summed E-state index contributed by atoms with van der Waals surface area (Å²) >= 11 is 0. The summed E-state index contributed by atoms with van der Waals surface area (Å²) in [6.45, 7) is 4.25. The Morgan fingerprint density at radius 1 is 1.48 bits per heavy atom. The molecule has 9 nitrogen and oxygen atoms in total. The second-order valence-corrected chi connectivity index (χ2v) is 5.88. The third-order valence-corrected chi connectivity index (χ3v) is 4.26. The van der Waals surface area contributed by atoms with Gasteiger partial charge in [0, 0.05) is 25.4 Å². The van der Waals surface area contributed by atoms with Crippen molar-refractivity contribution in [1.29, 1.82) is 0 Å². The minimum Gasteiger partial charge on any atom is -0.446 e. The average molecular weight is 347 g/mol. The maximum Gasteiger partial charge on any atom is 0.252 e. The number of carbonyl (C=O) groups is 2. The number of amides is 2. The number of aryl methyl sites for hydroxylation is 2. The van der Waals surface area contributed by atoms with Gasteiger partial charge in [-0.2, -0.15) is 5.10 Å². The van der Waals surface area contributed by atoms with Crippen molar-refractivity contribution in [3.05, 3.63) is 35.8 Å². The Morgan fingerprint density at radius 3 is 2.88 bits per heavy atom. The van der Waals surface area contributed by atoms with Crippen LogP contribution in [0.4, 0.5) is 0 Å². The van der Waals surface area contributed by atoms with Crippen LogP contribution in [0.5, 0.6) is 0 Å². The molecular formula is C16H21N5O4. The summed E-state index contributed by atoms with van der Waals surface area (Å²) in [6, 6.07) is -0.518. The van der Waals surface area contributed by atoms with E-state index in [1.165, 1.54) is 6.39 Å². The van der Waals surface area contributed by atoms with Gasteiger partial charge < -0.3 is 19.4 Å². The van der Waals surface area contributed by atoms with E-state index in [0.29, 0.717) is 12.3 Å². The first kappa shape index (κ1) is 17.2. The highest BCUT2D eigenvalue weighted by atomic mass is 16.5. The van der Waals surface area contributed by atoms with Crippen LogP contribution in [0.15, 0.2) is 23.2 Å². The third kappa shape index (κ3) is 3.41. The van der Waals surface area contributed by atoms with Crippen molar-refractivity contribution >= 4 is 11.8 Å². The Balaban J connectivity index is 1.80. The van der Waals surface area contributed by atoms with Gasteiger partial charge in [-0.3, -0.25) is 14.3 Å². The Labute approximate surface area is 144 Å². The Kier molecular flexibility index (Phi) is 4.84. The molecule has 1 saturated heterocycles. The number of likely N-dealkylation sites (N-methyl/N-ethyl adjacent to an activating group) is 1. The molecule has 0 unspecified atom stereocenters. The average Bonchev–Trinajstić information content (AvgIpc) is 3.20. The molecule has 2 aromatic rings. The third-order valence-electron chi connectivity index (χ3n) is 4.26. The van der Waals surface area contributed by atoms with Gasteiger partial charge in [-0.05, 0) is 13.8 Å². The summed E-state index contributed by atoms with van der Waals surface area (Å²) in [5.74, 6) is 0.132. The molecule has 1 N–H and O–H groups in total. The van der Waals surface area contributed by atoms with Crippen molar-refractivity contribution in [2.75, 3.05) is 13.2 Å². The zero-order valence-corrected chi connectivity index (χ0v) is 14.4. The van der Waals surface area contributed by atoms with Gasteiger partial charge in [0.05, 0.1) is 24.5 Å². The van der Waals surface area contributed by atoms with Crippen molar-refractivity contribution in [1.82, 2.24) is 25.0 Å². The smallest absolute Gasteiger partial charge is 0.252 e. The van der Waals surface area contributed by atoms with Gasteiger partial charge in [-0.1, -0.05) is 0 Å². The molecule has 1 fully saturated rings. The molecule has 3 heterocycles. The van der Waals surface area contributed by atoms with Crippen LogP contribution in [0.1, 0.15) is 30.0 Å². The van der Waals surface area contributed by atoms with Gasteiger partial charge in [0.15, 0.2) is 12.5 Å². The standard InChI is InChI=1S/C16H21N5O4/c1-4-21-13(22)8-24-15(14(21)11-5-19-20(3)7-11)16(23)17-6-12-10(2)18-9-25-12/h5,7,9,14-15H,4,6,8H2,1-3H3,(H,17,23)/t14-,15+/m1/s1. The van der Waals surface area contributed by atoms with E-state index in [2.05, 4.69) is 15.4 Å². The van der Waals surface area contributed by atoms with Crippen molar-refractivity contribution in [3.8, 4) is 0 Å². The molecule has 0 spiro atoms. The molecule has 0 aliphatic carbocycles. The van der Waals surface area contributed by atoms with Crippen LogP contribution in [0.3, 0.4) is 0 Å². The highest BCUT2D eigenvalue weighted by molar-refractivity contribution is 5.86. The number of rotatable bonds is 5. The van der Waals surface area contributed by atoms with E-state index in [9.17, 15) is 9.59 Å². The largest absolute Gasteiger partial charge is 0.446 e. The molecule has 134 valence electrons. The summed E-state index contributed by atoms with van der Waals surface area (Å²) in [5.41, 5.74) is 1.48. The maximum absolute atomic E-state index is 12.7. The lowest BCUT2D eigenvalue weighted by Crippen LogP contribution is -2.54. The Morgan fingerprint density at radius 2 is 2.28 bits per heavy atom. The van der Waals surface area contributed by atoms with Crippen molar-refractivity contribution < 1.29 is 18.7 Å². The second kappa shape index (κ2) is 7.06. The van der Waals surface area contributed by atoms with E-state index in [1.807, 2.05) is 6.92 Å². The van der Waals surface area contributed by atoms with E-state index in [4.69, 9.17) is 9.15 Å². The second-order valence-electron chi connectivity index (χ2n) is 5.88. The summed E-state index contributed by atoms with van der Waals surface area (Å²) in [6.07, 6.45) is 3.96. The first-order chi connectivity index (χ1) is 12.0. The van der Waals surface area contributed by atoms with Gasteiger partial charge in [0.1, 0.15) is 12.4 Å². The summed E-state index contributed by atoms with van der Waals surface area (Å²) in [5, 5.41) is 6.94. The van der Waals surface area contributed by atoms with E-state index in [1.54, 1.807) is 35.9 Å². The van der Waals surface area contributed by atoms with E-state index >= 15 is 0 Å². The fraction of sp³-hybridized carbons (Fsp3) is 0.500. The number of nitrogens with zero attached hydrogens (tertiary/aromatic N) is 4. The predicted molar refractivity (Wildman–Crippen MR) is 86.2 cm³/mol. The molecule has 0 bridgehead atoms. The van der Waals surface area contributed by atoms with Gasteiger partial charge in [-0.25, -0.2) is 4.98 Å². The lowest BCUT2D eigenvalue weighted by molar-refractivity contribution is -0.164. The quantitative estimate of drug-likeness (QED) is 0.836. The van der Waals surface area contributed by atoms with Crippen molar-refractivity contribution in [2.24, 2.45) is 7.05 Å². The van der Waals surface area contributed by atoms with Crippen LogP contribution < -0.4 is 5.32 Å². The number of nitrogens with one attached hydrogen (secondary N) is 1. The summed E-state index contributed by atoms with van der Waals surface area (Å²) in [4.78, 5) is 30.5. The molecule has 0 aromatic carbocycles. The number of carbonyl (C=O) groups excluding carboxylic acids is 2. The molecule has 0 radical (unpaired) electrons. The number of morpholine rings is 1. The summed E-state index contributed by atoms with van der Waals surface area (Å²) in [7, 11) is 1.78. The summed E-state index contributed by atoms with van der Waals surface area (Å²) < 4.78 is 12.4. The number of hydrogen-bond acceptors (Lipinski definition) is 6. The number of ether oxygens (including phenoxy) is 1. The molecule has 0 saturated carbocycles.